The van der Waals surface area contributed by atoms with Gasteiger partial charge in [-0.1, -0.05) is 11.6 Å². The number of carbonyl (C=O) groups excluding carboxylic acids is 1. The average Bonchev–Trinajstić information content (AvgIpc) is 3.01. The predicted octanol–water partition coefficient (Wildman–Crippen LogP) is 3.31. The van der Waals surface area contributed by atoms with Crippen molar-refractivity contribution in [1.29, 1.82) is 0 Å². The second-order valence-corrected chi connectivity index (χ2v) is 5.53. The summed E-state index contributed by atoms with van der Waals surface area (Å²) in [6, 6.07) is 14.2. The highest BCUT2D eigenvalue weighted by Crippen LogP contribution is 2.19. The van der Waals surface area contributed by atoms with Crippen molar-refractivity contribution in [2.24, 2.45) is 0 Å². The normalized spacial score (nSPS) is 17.7. The van der Waals surface area contributed by atoms with E-state index in [1.54, 1.807) is 36.4 Å². The molecule has 3 nitrogen and oxygen atoms in total. The van der Waals surface area contributed by atoms with Crippen LogP contribution in [-0.2, 0) is 0 Å². The SMILES string of the molecule is O=C(c1ccc(Cl)cc1)c1ccc(OC2CCNC2)cc1. The summed E-state index contributed by atoms with van der Waals surface area (Å²) in [7, 11) is 0. The first-order chi connectivity index (χ1) is 10.2. The first kappa shape index (κ1) is 14.1. The molecule has 0 spiro atoms. The van der Waals surface area contributed by atoms with Gasteiger partial charge in [-0.15, -0.1) is 0 Å². The standard InChI is InChI=1S/C17H16ClNO2/c18-14-5-1-12(2-6-14)17(20)13-3-7-15(8-4-13)21-16-9-10-19-11-16/h1-8,16,19H,9-11H2. The van der Waals surface area contributed by atoms with Gasteiger partial charge in [-0.25, -0.2) is 0 Å². The maximum Gasteiger partial charge on any atom is 0.193 e. The topological polar surface area (TPSA) is 38.3 Å². The molecule has 1 N–H and O–H groups in total. The summed E-state index contributed by atoms with van der Waals surface area (Å²) in [5.74, 6) is 0.789. The predicted molar refractivity (Wildman–Crippen MR) is 83.2 cm³/mol. The second-order valence-electron chi connectivity index (χ2n) is 5.09. The van der Waals surface area contributed by atoms with Gasteiger partial charge in [-0.05, 0) is 61.5 Å². The van der Waals surface area contributed by atoms with Crippen LogP contribution < -0.4 is 10.1 Å². The van der Waals surface area contributed by atoms with E-state index < -0.39 is 0 Å². The fourth-order valence-corrected chi connectivity index (χ4v) is 2.50. The van der Waals surface area contributed by atoms with E-state index in [1.807, 2.05) is 12.1 Å². The molecular weight excluding hydrogens is 286 g/mol. The highest BCUT2D eigenvalue weighted by Gasteiger charge is 2.16. The van der Waals surface area contributed by atoms with Gasteiger partial charge in [0.15, 0.2) is 5.78 Å². The second kappa shape index (κ2) is 6.29. The number of hydrogen-bond donors (Lipinski definition) is 1. The van der Waals surface area contributed by atoms with Crippen LogP contribution >= 0.6 is 11.6 Å². The summed E-state index contributed by atoms with van der Waals surface area (Å²) >= 11 is 5.83. The number of halogens is 1. The van der Waals surface area contributed by atoms with Gasteiger partial charge in [-0.3, -0.25) is 4.79 Å². The van der Waals surface area contributed by atoms with Gasteiger partial charge in [0, 0.05) is 22.7 Å². The molecular formula is C17H16ClNO2. The molecule has 0 radical (unpaired) electrons. The third-order valence-corrected chi connectivity index (χ3v) is 3.79. The van der Waals surface area contributed by atoms with E-state index in [-0.39, 0.29) is 11.9 Å². The van der Waals surface area contributed by atoms with Gasteiger partial charge >= 0.3 is 0 Å². The van der Waals surface area contributed by atoms with Crippen molar-refractivity contribution in [3.05, 3.63) is 64.7 Å². The third-order valence-electron chi connectivity index (χ3n) is 3.54. The summed E-state index contributed by atoms with van der Waals surface area (Å²) in [4.78, 5) is 12.3. The lowest BCUT2D eigenvalue weighted by molar-refractivity contribution is 0.103. The number of benzene rings is 2. The molecule has 2 aromatic carbocycles. The minimum atomic E-state index is -0.0132. The van der Waals surface area contributed by atoms with Gasteiger partial charge in [0.05, 0.1) is 0 Å². The van der Waals surface area contributed by atoms with Crippen LogP contribution in [0.4, 0.5) is 0 Å². The van der Waals surface area contributed by atoms with Crippen LogP contribution in [0.5, 0.6) is 5.75 Å². The zero-order valence-electron chi connectivity index (χ0n) is 11.5. The van der Waals surface area contributed by atoms with Crippen LogP contribution in [0.2, 0.25) is 5.02 Å². The molecule has 0 aliphatic carbocycles. The van der Waals surface area contributed by atoms with E-state index in [2.05, 4.69) is 5.32 Å². The number of ketones is 1. The zero-order valence-corrected chi connectivity index (χ0v) is 12.3. The molecule has 108 valence electrons. The van der Waals surface area contributed by atoms with E-state index >= 15 is 0 Å². The van der Waals surface area contributed by atoms with Crippen molar-refractivity contribution in [3.8, 4) is 5.75 Å². The molecule has 21 heavy (non-hydrogen) atoms. The lowest BCUT2D eigenvalue weighted by atomic mass is 10.0. The Kier molecular flexibility index (Phi) is 4.23. The molecule has 0 aromatic heterocycles. The highest BCUT2D eigenvalue weighted by molar-refractivity contribution is 6.30. The van der Waals surface area contributed by atoms with Crippen LogP contribution in [0, 0.1) is 0 Å². The summed E-state index contributed by atoms with van der Waals surface area (Å²) in [5, 5.41) is 3.88. The lowest BCUT2D eigenvalue weighted by Gasteiger charge is -2.12. The lowest BCUT2D eigenvalue weighted by Crippen LogP contribution is -2.19. The maximum atomic E-state index is 12.3. The molecule has 1 atom stereocenters. The van der Waals surface area contributed by atoms with Crippen LogP contribution in [0.25, 0.3) is 0 Å². The summed E-state index contributed by atoms with van der Waals surface area (Å²) in [5.41, 5.74) is 1.28. The molecule has 2 aromatic rings. The highest BCUT2D eigenvalue weighted by atomic mass is 35.5. The molecule has 0 saturated carbocycles. The van der Waals surface area contributed by atoms with Crippen LogP contribution in [0.15, 0.2) is 48.5 Å². The van der Waals surface area contributed by atoms with E-state index in [0.29, 0.717) is 16.1 Å². The van der Waals surface area contributed by atoms with Crippen LogP contribution in [0.3, 0.4) is 0 Å². The fourth-order valence-electron chi connectivity index (χ4n) is 2.37. The van der Waals surface area contributed by atoms with E-state index in [0.717, 1.165) is 25.3 Å². The molecule has 1 aliphatic heterocycles. The molecule has 3 rings (SSSR count). The monoisotopic (exact) mass is 301 g/mol. The molecule has 1 fully saturated rings. The summed E-state index contributed by atoms with van der Waals surface area (Å²) in [6.07, 6.45) is 1.24. The van der Waals surface area contributed by atoms with E-state index in [1.165, 1.54) is 0 Å². The minimum absolute atomic E-state index is 0.0132. The molecule has 1 unspecified atom stereocenters. The van der Waals surface area contributed by atoms with Gasteiger partial charge in [0.25, 0.3) is 0 Å². The Bertz CT molecular complexity index is 616. The van der Waals surface area contributed by atoms with Crippen LogP contribution in [0.1, 0.15) is 22.3 Å². The van der Waals surface area contributed by atoms with Crippen molar-refractivity contribution in [1.82, 2.24) is 5.32 Å². The van der Waals surface area contributed by atoms with Crippen molar-refractivity contribution in [2.45, 2.75) is 12.5 Å². The first-order valence-electron chi connectivity index (χ1n) is 7.00. The Hall–Kier alpha value is -1.84. The molecule has 0 bridgehead atoms. The first-order valence-corrected chi connectivity index (χ1v) is 7.38. The summed E-state index contributed by atoms with van der Waals surface area (Å²) in [6.45, 7) is 1.88. The van der Waals surface area contributed by atoms with Gasteiger partial charge in [0.1, 0.15) is 11.9 Å². The van der Waals surface area contributed by atoms with E-state index in [4.69, 9.17) is 16.3 Å². The molecule has 1 aliphatic rings. The zero-order chi connectivity index (χ0) is 14.7. The van der Waals surface area contributed by atoms with E-state index in [9.17, 15) is 4.79 Å². The van der Waals surface area contributed by atoms with Crippen molar-refractivity contribution < 1.29 is 9.53 Å². The van der Waals surface area contributed by atoms with Crippen molar-refractivity contribution in [2.75, 3.05) is 13.1 Å². The maximum absolute atomic E-state index is 12.3. The Labute approximate surface area is 128 Å². The number of rotatable bonds is 4. The average molecular weight is 302 g/mol. The fraction of sp³-hybridized carbons (Fsp3) is 0.235. The van der Waals surface area contributed by atoms with Crippen molar-refractivity contribution in [3.63, 3.8) is 0 Å². The van der Waals surface area contributed by atoms with Gasteiger partial charge in [0.2, 0.25) is 0 Å². The largest absolute Gasteiger partial charge is 0.489 e. The molecule has 0 amide bonds. The molecule has 1 heterocycles. The minimum Gasteiger partial charge on any atom is -0.489 e. The summed E-state index contributed by atoms with van der Waals surface area (Å²) < 4.78 is 5.84. The quantitative estimate of drug-likeness (QED) is 0.881. The molecule has 1 saturated heterocycles. The van der Waals surface area contributed by atoms with Gasteiger partial charge < -0.3 is 10.1 Å². The number of nitrogens with one attached hydrogen (secondary N) is 1. The third kappa shape index (κ3) is 3.43. The number of hydrogen-bond acceptors (Lipinski definition) is 3. The van der Waals surface area contributed by atoms with Crippen LogP contribution in [-0.4, -0.2) is 25.0 Å². The smallest absolute Gasteiger partial charge is 0.193 e. The Morgan fingerprint density at radius 2 is 1.67 bits per heavy atom. The Balaban J connectivity index is 1.71. The van der Waals surface area contributed by atoms with Gasteiger partial charge in [-0.2, -0.15) is 0 Å². The number of carbonyl (C=O) groups is 1. The Morgan fingerprint density at radius 3 is 2.24 bits per heavy atom. The molecule has 4 heteroatoms. The van der Waals surface area contributed by atoms with Crippen molar-refractivity contribution >= 4 is 17.4 Å². The Morgan fingerprint density at radius 1 is 1.05 bits per heavy atom. The number of ether oxygens (including phenoxy) is 1.